The number of benzene rings is 1. The van der Waals surface area contributed by atoms with Gasteiger partial charge in [0.1, 0.15) is 0 Å². The summed E-state index contributed by atoms with van der Waals surface area (Å²) in [4.78, 5) is 11.5. The van der Waals surface area contributed by atoms with Crippen LogP contribution in [0.2, 0.25) is 0 Å². The number of amides is 1. The lowest BCUT2D eigenvalue weighted by atomic mass is 10.1. The molecule has 1 aromatic rings. The van der Waals surface area contributed by atoms with Crippen molar-refractivity contribution in [2.45, 2.75) is 33.4 Å². The molecule has 0 saturated carbocycles. The summed E-state index contributed by atoms with van der Waals surface area (Å²) in [6.07, 6.45) is 0.574. The molecular formula is C13H20N2O. The number of rotatable bonds is 5. The summed E-state index contributed by atoms with van der Waals surface area (Å²) < 4.78 is 0. The van der Waals surface area contributed by atoms with Crippen LogP contribution in [-0.4, -0.2) is 5.91 Å². The minimum absolute atomic E-state index is 0.0989. The van der Waals surface area contributed by atoms with Crippen LogP contribution >= 0.6 is 0 Å². The van der Waals surface area contributed by atoms with Gasteiger partial charge >= 0.3 is 0 Å². The summed E-state index contributed by atoms with van der Waals surface area (Å²) in [7, 11) is 0. The van der Waals surface area contributed by atoms with Gasteiger partial charge in [-0.2, -0.15) is 0 Å². The molecule has 0 aromatic heterocycles. The standard InChI is InChI=1S/C13H20N2O/c1-10(2)7-13(16)15-9-12-6-4-3-5-11(12)8-14/h3-6,10H,7-9,14H2,1-2H3,(H,15,16). The van der Waals surface area contributed by atoms with Crippen LogP contribution in [0.15, 0.2) is 24.3 Å². The summed E-state index contributed by atoms with van der Waals surface area (Å²) in [5, 5.41) is 2.91. The third-order valence-corrected chi connectivity index (χ3v) is 2.41. The third-order valence-electron chi connectivity index (χ3n) is 2.41. The maximum atomic E-state index is 11.5. The molecule has 1 amide bonds. The molecule has 0 aliphatic rings. The van der Waals surface area contributed by atoms with Gasteiger partial charge in [0.2, 0.25) is 5.91 Å². The SMILES string of the molecule is CC(C)CC(=O)NCc1ccccc1CN. The monoisotopic (exact) mass is 220 g/mol. The van der Waals surface area contributed by atoms with Gasteiger partial charge in [-0.25, -0.2) is 0 Å². The lowest BCUT2D eigenvalue weighted by Crippen LogP contribution is -2.24. The van der Waals surface area contributed by atoms with E-state index in [9.17, 15) is 4.79 Å². The molecule has 0 saturated heterocycles. The van der Waals surface area contributed by atoms with E-state index in [1.54, 1.807) is 0 Å². The smallest absolute Gasteiger partial charge is 0.220 e. The molecule has 0 atom stereocenters. The van der Waals surface area contributed by atoms with Gasteiger partial charge in [0.15, 0.2) is 0 Å². The number of hydrogen-bond acceptors (Lipinski definition) is 2. The molecule has 1 aromatic carbocycles. The zero-order valence-corrected chi connectivity index (χ0v) is 9.99. The number of nitrogens with two attached hydrogens (primary N) is 1. The first kappa shape index (κ1) is 12.7. The minimum Gasteiger partial charge on any atom is -0.352 e. The number of carbonyl (C=O) groups excluding carboxylic acids is 1. The molecule has 0 radical (unpaired) electrons. The zero-order chi connectivity index (χ0) is 12.0. The topological polar surface area (TPSA) is 55.1 Å². The fourth-order valence-corrected chi connectivity index (χ4v) is 1.57. The number of hydrogen-bond donors (Lipinski definition) is 2. The highest BCUT2D eigenvalue weighted by molar-refractivity contribution is 5.76. The minimum atomic E-state index is 0.0989. The predicted octanol–water partition coefficient (Wildman–Crippen LogP) is 1.81. The number of nitrogens with one attached hydrogen (secondary N) is 1. The molecule has 1 rings (SSSR count). The fourth-order valence-electron chi connectivity index (χ4n) is 1.57. The molecule has 0 spiro atoms. The molecular weight excluding hydrogens is 200 g/mol. The van der Waals surface area contributed by atoms with Crippen LogP contribution in [0, 0.1) is 5.92 Å². The van der Waals surface area contributed by atoms with Gasteiger partial charge in [-0.05, 0) is 17.0 Å². The lowest BCUT2D eigenvalue weighted by Gasteiger charge is -2.10. The summed E-state index contributed by atoms with van der Waals surface area (Å²) >= 11 is 0. The first-order valence-electron chi connectivity index (χ1n) is 5.67. The van der Waals surface area contributed by atoms with E-state index < -0.39 is 0 Å². The van der Waals surface area contributed by atoms with Crippen molar-refractivity contribution in [3.05, 3.63) is 35.4 Å². The molecule has 0 aliphatic carbocycles. The molecule has 16 heavy (non-hydrogen) atoms. The molecule has 3 nitrogen and oxygen atoms in total. The van der Waals surface area contributed by atoms with Crippen LogP contribution in [0.25, 0.3) is 0 Å². The Morgan fingerprint density at radius 3 is 2.50 bits per heavy atom. The molecule has 3 heteroatoms. The maximum absolute atomic E-state index is 11.5. The Morgan fingerprint density at radius 2 is 1.94 bits per heavy atom. The van der Waals surface area contributed by atoms with Gasteiger partial charge in [0, 0.05) is 19.5 Å². The van der Waals surface area contributed by atoms with E-state index in [1.807, 2.05) is 38.1 Å². The van der Waals surface area contributed by atoms with Gasteiger partial charge in [-0.15, -0.1) is 0 Å². The Labute approximate surface area is 97.0 Å². The Balaban J connectivity index is 2.51. The Bertz CT molecular complexity index is 348. The van der Waals surface area contributed by atoms with Crippen LogP contribution in [0.1, 0.15) is 31.4 Å². The van der Waals surface area contributed by atoms with E-state index in [2.05, 4.69) is 5.32 Å². The van der Waals surface area contributed by atoms with Crippen molar-refractivity contribution in [2.75, 3.05) is 0 Å². The first-order chi connectivity index (χ1) is 7.63. The summed E-state index contributed by atoms with van der Waals surface area (Å²) in [6.45, 7) is 5.15. The Morgan fingerprint density at radius 1 is 1.31 bits per heavy atom. The van der Waals surface area contributed by atoms with Gasteiger partial charge in [-0.1, -0.05) is 38.1 Å². The normalized spacial score (nSPS) is 10.5. The highest BCUT2D eigenvalue weighted by Crippen LogP contribution is 2.07. The van der Waals surface area contributed by atoms with Crippen LogP contribution in [-0.2, 0) is 17.9 Å². The highest BCUT2D eigenvalue weighted by atomic mass is 16.1. The van der Waals surface area contributed by atoms with Crippen LogP contribution < -0.4 is 11.1 Å². The van der Waals surface area contributed by atoms with Gasteiger partial charge < -0.3 is 11.1 Å². The molecule has 0 bridgehead atoms. The van der Waals surface area contributed by atoms with Crippen molar-refractivity contribution in [3.8, 4) is 0 Å². The fraction of sp³-hybridized carbons (Fsp3) is 0.462. The van der Waals surface area contributed by atoms with Crippen molar-refractivity contribution in [3.63, 3.8) is 0 Å². The van der Waals surface area contributed by atoms with Crippen molar-refractivity contribution < 1.29 is 4.79 Å². The van der Waals surface area contributed by atoms with Crippen LogP contribution in [0.4, 0.5) is 0 Å². The van der Waals surface area contributed by atoms with Crippen LogP contribution in [0.3, 0.4) is 0 Å². The Hall–Kier alpha value is -1.35. The average Bonchev–Trinajstić information content (AvgIpc) is 2.26. The second-order valence-corrected chi connectivity index (χ2v) is 4.35. The second kappa shape index (κ2) is 6.28. The molecule has 3 N–H and O–H groups in total. The van der Waals surface area contributed by atoms with Gasteiger partial charge in [0.05, 0.1) is 0 Å². The first-order valence-corrected chi connectivity index (χ1v) is 5.67. The third kappa shape index (κ3) is 4.03. The quantitative estimate of drug-likeness (QED) is 0.795. The number of carbonyl (C=O) groups is 1. The molecule has 0 aliphatic heterocycles. The highest BCUT2D eigenvalue weighted by Gasteiger charge is 2.05. The Kier molecular flexibility index (Phi) is 4.99. The largest absolute Gasteiger partial charge is 0.352 e. The average molecular weight is 220 g/mol. The maximum Gasteiger partial charge on any atom is 0.220 e. The van der Waals surface area contributed by atoms with Gasteiger partial charge in [-0.3, -0.25) is 4.79 Å². The molecule has 88 valence electrons. The molecule has 0 unspecified atom stereocenters. The summed E-state index contributed by atoms with van der Waals surface area (Å²) in [5.74, 6) is 0.492. The van der Waals surface area contributed by atoms with E-state index in [0.29, 0.717) is 25.4 Å². The van der Waals surface area contributed by atoms with Gasteiger partial charge in [0.25, 0.3) is 0 Å². The summed E-state index contributed by atoms with van der Waals surface area (Å²) in [6, 6.07) is 7.91. The van der Waals surface area contributed by atoms with Crippen LogP contribution in [0.5, 0.6) is 0 Å². The predicted molar refractivity (Wildman–Crippen MR) is 65.6 cm³/mol. The zero-order valence-electron chi connectivity index (χ0n) is 9.99. The lowest BCUT2D eigenvalue weighted by molar-refractivity contribution is -0.121. The van der Waals surface area contributed by atoms with E-state index in [0.717, 1.165) is 11.1 Å². The van der Waals surface area contributed by atoms with E-state index >= 15 is 0 Å². The molecule has 0 heterocycles. The summed E-state index contributed by atoms with van der Waals surface area (Å²) in [5.41, 5.74) is 7.81. The van der Waals surface area contributed by atoms with Crippen molar-refractivity contribution in [1.82, 2.24) is 5.32 Å². The van der Waals surface area contributed by atoms with Crippen molar-refractivity contribution in [1.29, 1.82) is 0 Å². The van der Waals surface area contributed by atoms with E-state index in [-0.39, 0.29) is 5.91 Å². The van der Waals surface area contributed by atoms with E-state index in [4.69, 9.17) is 5.73 Å². The van der Waals surface area contributed by atoms with E-state index in [1.165, 1.54) is 0 Å². The van der Waals surface area contributed by atoms with Crippen molar-refractivity contribution >= 4 is 5.91 Å². The molecule has 0 fully saturated rings. The second-order valence-electron chi connectivity index (χ2n) is 4.35. The van der Waals surface area contributed by atoms with Crippen molar-refractivity contribution in [2.24, 2.45) is 11.7 Å².